The van der Waals surface area contributed by atoms with Crippen molar-refractivity contribution in [3.63, 3.8) is 0 Å². The third kappa shape index (κ3) is 2.48. The van der Waals surface area contributed by atoms with Gasteiger partial charge in [0, 0.05) is 26.2 Å². The van der Waals surface area contributed by atoms with E-state index >= 15 is 0 Å². The summed E-state index contributed by atoms with van der Waals surface area (Å²) >= 11 is 7.06. The molecule has 0 N–H and O–H groups in total. The Kier molecular flexibility index (Phi) is 4.37. The lowest BCUT2D eigenvalue weighted by Crippen LogP contribution is -2.44. The van der Waals surface area contributed by atoms with Gasteiger partial charge in [0.25, 0.3) is 0 Å². The maximum atomic E-state index is 5.89. The normalized spacial score (nSPS) is 18.0. The predicted octanol–water partition coefficient (Wildman–Crippen LogP) is 1.37. The van der Waals surface area contributed by atoms with Gasteiger partial charge in [-0.3, -0.25) is 0 Å². The number of halogens is 2. The Hall–Kier alpha value is -0.100. The molecule has 1 aromatic rings. The van der Waals surface area contributed by atoms with Crippen LogP contribution < -0.4 is 4.90 Å². The van der Waals surface area contributed by atoms with E-state index in [0.717, 1.165) is 32.0 Å². The van der Waals surface area contributed by atoms with Crippen molar-refractivity contribution in [1.29, 1.82) is 0 Å². The molecular weight excluding hydrogens is 243 g/mol. The van der Waals surface area contributed by atoms with Crippen molar-refractivity contribution in [1.82, 2.24) is 13.6 Å². The van der Waals surface area contributed by atoms with Gasteiger partial charge in [0.15, 0.2) is 11.0 Å². The number of rotatable bonds is 1. The van der Waals surface area contributed by atoms with Crippen LogP contribution in [0.1, 0.15) is 0 Å². The minimum Gasteiger partial charge on any atom is -0.351 e. The molecule has 2 heterocycles. The summed E-state index contributed by atoms with van der Waals surface area (Å²) < 4.78 is 8.12. The van der Waals surface area contributed by atoms with E-state index < -0.39 is 0 Å². The van der Waals surface area contributed by atoms with E-state index in [1.54, 1.807) is 0 Å². The van der Waals surface area contributed by atoms with Crippen LogP contribution in [0.4, 0.5) is 5.82 Å². The zero-order valence-electron chi connectivity index (χ0n) is 7.81. The maximum absolute atomic E-state index is 5.89. The first kappa shape index (κ1) is 12.0. The minimum atomic E-state index is 0. The van der Waals surface area contributed by atoms with Gasteiger partial charge in [-0.05, 0) is 7.05 Å². The van der Waals surface area contributed by atoms with E-state index in [0.29, 0.717) is 5.15 Å². The molecule has 1 fully saturated rings. The summed E-state index contributed by atoms with van der Waals surface area (Å²) in [5, 5.41) is 0.537. The van der Waals surface area contributed by atoms with E-state index in [1.807, 2.05) is 0 Å². The van der Waals surface area contributed by atoms with Crippen molar-refractivity contribution in [2.24, 2.45) is 0 Å². The summed E-state index contributed by atoms with van der Waals surface area (Å²) in [4.78, 5) is 4.48. The number of aromatic nitrogens is 2. The Morgan fingerprint density at radius 3 is 2.36 bits per heavy atom. The molecule has 0 atom stereocenters. The molecule has 14 heavy (non-hydrogen) atoms. The first-order valence-corrected chi connectivity index (χ1v) is 5.30. The zero-order chi connectivity index (χ0) is 9.26. The number of hydrogen-bond donors (Lipinski definition) is 0. The molecule has 4 nitrogen and oxygen atoms in total. The molecular formula is C7H12Cl2N4S. The van der Waals surface area contributed by atoms with Crippen LogP contribution in [0.2, 0.25) is 5.15 Å². The first-order chi connectivity index (χ1) is 6.27. The summed E-state index contributed by atoms with van der Waals surface area (Å²) in [5.41, 5.74) is 0. The smallest absolute Gasteiger partial charge is 0.187 e. The number of anilines is 1. The molecule has 0 radical (unpaired) electrons. The van der Waals surface area contributed by atoms with Gasteiger partial charge < -0.3 is 9.80 Å². The molecule has 0 amide bonds. The molecule has 0 bridgehead atoms. The van der Waals surface area contributed by atoms with Gasteiger partial charge in [0.05, 0.1) is 11.7 Å². The van der Waals surface area contributed by atoms with E-state index in [2.05, 4.69) is 25.6 Å². The largest absolute Gasteiger partial charge is 0.351 e. The zero-order valence-corrected chi connectivity index (χ0v) is 10.2. The molecule has 1 saturated heterocycles. The number of hydrogen-bond acceptors (Lipinski definition) is 5. The fourth-order valence-electron chi connectivity index (χ4n) is 1.38. The molecule has 0 unspecified atom stereocenters. The Balaban J connectivity index is 0.000000980. The predicted molar refractivity (Wildman–Crippen MR) is 61.9 cm³/mol. The molecule has 1 aromatic heterocycles. The Bertz CT molecular complexity index is 285. The summed E-state index contributed by atoms with van der Waals surface area (Å²) in [7, 11) is 2.12. The highest BCUT2D eigenvalue weighted by Gasteiger charge is 2.18. The molecule has 0 aliphatic carbocycles. The lowest BCUT2D eigenvalue weighted by Gasteiger charge is -2.32. The third-order valence-corrected chi connectivity index (χ3v) is 3.11. The van der Waals surface area contributed by atoms with Crippen LogP contribution >= 0.6 is 35.7 Å². The molecule has 0 spiro atoms. The van der Waals surface area contributed by atoms with Crippen LogP contribution in [-0.4, -0.2) is 46.9 Å². The minimum absolute atomic E-state index is 0. The summed E-state index contributed by atoms with van der Waals surface area (Å²) in [5.74, 6) is 0.847. The second kappa shape index (κ2) is 5.11. The van der Waals surface area contributed by atoms with Gasteiger partial charge in [-0.2, -0.15) is 8.75 Å². The van der Waals surface area contributed by atoms with Crippen molar-refractivity contribution in [2.75, 3.05) is 38.1 Å². The van der Waals surface area contributed by atoms with Gasteiger partial charge in [0.1, 0.15) is 0 Å². The maximum Gasteiger partial charge on any atom is 0.187 e. The number of likely N-dealkylation sites (N-methyl/N-ethyl adjacent to an activating group) is 1. The Morgan fingerprint density at radius 1 is 1.21 bits per heavy atom. The first-order valence-electron chi connectivity index (χ1n) is 4.19. The van der Waals surface area contributed by atoms with Crippen molar-refractivity contribution in [3.8, 4) is 0 Å². The molecule has 7 heteroatoms. The van der Waals surface area contributed by atoms with Crippen LogP contribution in [-0.2, 0) is 0 Å². The fourth-order valence-corrected chi connectivity index (χ4v) is 2.16. The fraction of sp³-hybridized carbons (Fsp3) is 0.714. The summed E-state index contributed by atoms with van der Waals surface area (Å²) in [6.45, 7) is 4.10. The monoisotopic (exact) mass is 254 g/mol. The van der Waals surface area contributed by atoms with Gasteiger partial charge in [-0.15, -0.1) is 12.4 Å². The van der Waals surface area contributed by atoms with E-state index in [1.165, 1.54) is 11.7 Å². The van der Waals surface area contributed by atoms with Crippen LogP contribution in [0.25, 0.3) is 0 Å². The third-order valence-electron chi connectivity index (χ3n) is 2.24. The Labute approximate surface area is 98.6 Å². The Morgan fingerprint density at radius 2 is 1.86 bits per heavy atom. The average molecular weight is 255 g/mol. The molecule has 0 saturated carbocycles. The van der Waals surface area contributed by atoms with Crippen LogP contribution in [0, 0.1) is 0 Å². The number of piperazine rings is 1. The molecule has 1 aliphatic rings. The topological polar surface area (TPSA) is 32.3 Å². The van der Waals surface area contributed by atoms with Crippen LogP contribution in [0.3, 0.4) is 0 Å². The standard InChI is InChI=1S/C7H11ClN4S.ClH/c1-11-2-4-12(5-3-11)7-6(8)9-13-10-7;/h2-5H2,1H3;1H. The van der Waals surface area contributed by atoms with Crippen LogP contribution in [0.15, 0.2) is 0 Å². The van der Waals surface area contributed by atoms with Gasteiger partial charge in [0.2, 0.25) is 0 Å². The summed E-state index contributed by atoms with van der Waals surface area (Å²) in [6.07, 6.45) is 0. The lowest BCUT2D eigenvalue weighted by atomic mass is 10.3. The highest BCUT2D eigenvalue weighted by Crippen LogP contribution is 2.23. The van der Waals surface area contributed by atoms with E-state index in [-0.39, 0.29) is 12.4 Å². The average Bonchev–Trinajstić information content (AvgIpc) is 2.53. The van der Waals surface area contributed by atoms with Crippen molar-refractivity contribution in [3.05, 3.63) is 5.15 Å². The van der Waals surface area contributed by atoms with Crippen molar-refractivity contribution < 1.29 is 0 Å². The highest BCUT2D eigenvalue weighted by molar-refractivity contribution is 6.99. The molecule has 2 rings (SSSR count). The highest BCUT2D eigenvalue weighted by atomic mass is 35.5. The van der Waals surface area contributed by atoms with Gasteiger partial charge in [-0.25, -0.2) is 0 Å². The molecule has 0 aromatic carbocycles. The van der Waals surface area contributed by atoms with Crippen molar-refractivity contribution in [2.45, 2.75) is 0 Å². The quantitative estimate of drug-likeness (QED) is 0.758. The van der Waals surface area contributed by atoms with Crippen LogP contribution in [0.5, 0.6) is 0 Å². The molecule has 80 valence electrons. The van der Waals surface area contributed by atoms with E-state index in [4.69, 9.17) is 11.6 Å². The second-order valence-corrected chi connectivity index (χ2v) is 4.06. The van der Waals surface area contributed by atoms with Gasteiger partial charge >= 0.3 is 0 Å². The van der Waals surface area contributed by atoms with Crippen molar-refractivity contribution >= 4 is 41.6 Å². The van der Waals surface area contributed by atoms with Gasteiger partial charge in [-0.1, -0.05) is 11.6 Å². The second-order valence-electron chi connectivity index (χ2n) is 3.17. The SMILES string of the molecule is CN1CCN(c2nsnc2Cl)CC1.Cl. The number of nitrogens with zero attached hydrogens (tertiary/aromatic N) is 4. The van der Waals surface area contributed by atoms with E-state index in [9.17, 15) is 0 Å². The lowest BCUT2D eigenvalue weighted by molar-refractivity contribution is 0.312. The molecule has 1 aliphatic heterocycles. The summed E-state index contributed by atoms with van der Waals surface area (Å²) in [6, 6.07) is 0.